The SMILES string of the molecule is CCOC(=O)c1cnc2ccc(OC(F)(F)F)cn12. The summed E-state index contributed by atoms with van der Waals surface area (Å²) in [5.74, 6) is -1.11. The van der Waals surface area contributed by atoms with Crippen LogP contribution in [0.1, 0.15) is 17.4 Å². The molecule has 0 saturated heterocycles. The number of rotatable bonds is 3. The average Bonchev–Trinajstić information content (AvgIpc) is 2.70. The van der Waals surface area contributed by atoms with Crippen molar-refractivity contribution in [2.24, 2.45) is 0 Å². The predicted molar refractivity (Wildman–Crippen MR) is 57.8 cm³/mol. The van der Waals surface area contributed by atoms with E-state index in [4.69, 9.17) is 4.74 Å². The number of aromatic nitrogens is 2. The molecule has 0 aliphatic carbocycles. The summed E-state index contributed by atoms with van der Waals surface area (Å²) in [7, 11) is 0. The molecule has 0 amide bonds. The van der Waals surface area contributed by atoms with Gasteiger partial charge in [-0.2, -0.15) is 0 Å². The Kier molecular flexibility index (Phi) is 3.32. The number of fused-ring (bicyclic) bond motifs is 1. The van der Waals surface area contributed by atoms with Crippen molar-refractivity contribution in [2.75, 3.05) is 6.61 Å². The highest BCUT2D eigenvalue weighted by Gasteiger charge is 2.31. The van der Waals surface area contributed by atoms with Crippen LogP contribution in [0.3, 0.4) is 0 Å². The minimum atomic E-state index is -4.79. The molecule has 0 atom stereocenters. The largest absolute Gasteiger partial charge is 0.573 e. The number of nitrogens with zero attached hydrogens (tertiary/aromatic N) is 2. The van der Waals surface area contributed by atoms with Crippen LogP contribution in [0.5, 0.6) is 5.75 Å². The van der Waals surface area contributed by atoms with Gasteiger partial charge in [0.1, 0.15) is 11.4 Å². The fourth-order valence-corrected chi connectivity index (χ4v) is 1.51. The van der Waals surface area contributed by atoms with Gasteiger partial charge in [0.2, 0.25) is 0 Å². The summed E-state index contributed by atoms with van der Waals surface area (Å²) in [6.45, 7) is 1.78. The number of esters is 1. The zero-order valence-electron chi connectivity index (χ0n) is 9.77. The van der Waals surface area contributed by atoms with Crippen LogP contribution >= 0.6 is 0 Å². The third kappa shape index (κ3) is 2.95. The van der Waals surface area contributed by atoms with Crippen LogP contribution < -0.4 is 4.74 Å². The lowest BCUT2D eigenvalue weighted by Crippen LogP contribution is -2.17. The van der Waals surface area contributed by atoms with Crippen molar-refractivity contribution >= 4 is 11.6 Å². The number of carbonyl (C=O) groups excluding carboxylic acids is 1. The number of hydrogen-bond donors (Lipinski definition) is 0. The molecule has 0 N–H and O–H groups in total. The number of pyridine rings is 1. The standard InChI is InChI=1S/C11H9F3N2O3/c1-2-18-10(17)8-5-15-9-4-3-7(6-16(8)9)19-11(12,13)14/h3-6H,2H2,1H3. The van der Waals surface area contributed by atoms with Crippen molar-refractivity contribution in [3.63, 3.8) is 0 Å². The van der Waals surface area contributed by atoms with Crippen molar-refractivity contribution in [1.29, 1.82) is 0 Å². The van der Waals surface area contributed by atoms with Gasteiger partial charge in [-0.3, -0.25) is 4.40 Å². The normalized spacial score (nSPS) is 11.6. The van der Waals surface area contributed by atoms with E-state index in [2.05, 4.69) is 9.72 Å². The van der Waals surface area contributed by atoms with E-state index in [1.165, 1.54) is 16.7 Å². The molecule has 2 rings (SSSR count). The van der Waals surface area contributed by atoms with Crippen molar-refractivity contribution in [3.05, 3.63) is 30.2 Å². The van der Waals surface area contributed by atoms with Crippen LogP contribution in [0.2, 0.25) is 0 Å². The fourth-order valence-electron chi connectivity index (χ4n) is 1.51. The maximum atomic E-state index is 12.1. The second-order valence-electron chi connectivity index (χ2n) is 3.50. The van der Waals surface area contributed by atoms with E-state index in [0.717, 1.165) is 12.3 Å². The molecule has 0 bridgehead atoms. The minimum absolute atomic E-state index is 0.0319. The highest BCUT2D eigenvalue weighted by Crippen LogP contribution is 2.23. The molecule has 2 heterocycles. The highest BCUT2D eigenvalue weighted by molar-refractivity contribution is 5.88. The van der Waals surface area contributed by atoms with Gasteiger partial charge in [0, 0.05) is 0 Å². The summed E-state index contributed by atoms with van der Waals surface area (Å²) in [5.41, 5.74) is 0.349. The smallest absolute Gasteiger partial charge is 0.461 e. The Hall–Kier alpha value is -2.25. The summed E-state index contributed by atoms with van der Waals surface area (Å²) in [6.07, 6.45) is -2.54. The molecule has 19 heavy (non-hydrogen) atoms. The van der Waals surface area contributed by atoms with E-state index in [0.29, 0.717) is 5.65 Å². The molecular formula is C11H9F3N2O3. The van der Waals surface area contributed by atoms with E-state index in [1.54, 1.807) is 6.92 Å². The first-order chi connectivity index (χ1) is 8.90. The van der Waals surface area contributed by atoms with Crippen LogP contribution in [0.15, 0.2) is 24.5 Å². The summed E-state index contributed by atoms with van der Waals surface area (Å²) in [5, 5.41) is 0. The van der Waals surface area contributed by atoms with Gasteiger partial charge in [0.25, 0.3) is 0 Å². The van der Waals surface area contributed by atoms with E-state index in [-0.39, 0.29) is 12.3 Å². The summed E-state index contributed by atoms with van der Waals surface area (Å²) in [6, 6.07) is 2.43. The predicted octanol–water partition coefficient (Wildman–Crippen LogP) is 2.41. The Bertz CT molecular complexity index is 607. The zero-order chi connectivity index (χ0) is 14.0. The molecule has 0 fully saturated rings. The molecule has 0 saturated carbocycles. The number of hydrogen-bond acceptors (Lipinski definition) is 4. The van der Waals surface area contributed by atoms with Crippen molar-refractivity contribution in [3.8, 4) is 5.75 Å². The Balaban J connectivity index is 2.40. The Labute approximate surface area is 105 Å². The van der Waals surface area contributed by atoms with Crippen molar-refractivity contribution < 1.29 is 27.4 Å². The number of carbonyl (C=O) groups is 1. The molecular weight excluding hydrogens is 265 g/mol. The van der Waals surface area contributed by atoms with Gasteiger partial charge in [-0.05, 0) is 19.1 Å². The summed E-state index contributed by atoms with van der Waals surface area (Å²) < 4.78 is 46.1. The molecule has 102 valence electrons. The topological polar surface area (TPSA) is 52.8 Å². The van der Waals surface area contributed by atoms with Gasteiger partial charge in [0.15, 0.2) is 5.69 Å². The van der Waals surface area contributed by atoms with Gasteiger partial charge < -0.3 is 9.47 Å². The molecule has 0 aliphatic heterocycles. The average molecular weight is 274 g/mol. The third-order valence-electron chi connectivity index (χ3n) is 2.20. The molecule has 0 spiro atoms. The van der Waals surface area contributed by atoms with Gasteiger partial charge in [-0.15, -0.1) is 13.2 Å². The lowest BCUT2D eigenvalue weighted by Gasteiger charge is -2.09. The third-order valence-corrected chi connectivity index (χ3v) is 2.20. The van der Waals surface area contributed by atoms with E-state index < -0.39 is 18.1 Å². The fraction of sp³-hybridized carbons (Fsp3) is 0.273. The monoisotopic (exact) mass is 274 g/mol. The molecule has 0 aromatic carbocycles. The second kappa shape index (κ2) is 4.79. The Morgan fingerprint density at radius 1 is 1.42 bits per heavy atom. The van der Waals surface area contributed by atoms with Gasteiger partial charge >= 0.3 is 12.3 Å². The quantitative estimate of drug-likeness (QED) is 0.806. The summed E-state index contributed by atoms with van der Waals surface area (Å²) >= 11 is 0. The van der Waals surface area contributed by atoms with Crippen LogP contribution in [0, 0.1) is 0 Å². The molecule has 0 unspecified atom stereocenters. The maximum Gasteiger partial charge on any atom is 0.573 e. The summed E-state index contributed by atoms with van der Waals surface area (Å²) in [4.78, 5) is 15.5. The van der Waals surface area contributed by atoms with Crippen LogP contribution in [-0.4, -0.2) is 28.3 Å². The molecule has 0 radical (unpaired) electrons. The first kappa shape index (κ1) is 13.2. The Morgan fingerprint density at radius 3 is 2.79 bits per heavy atom. The minimum Gasteiger partial charge on any atom is -0.461 e. The lowest BCUT2D eigenvalue weighted by atomic mass is 10.4. The molecule has 2 aromatic heterocycles. The van der Waals surface area contributed by atoms with Crippen molar-refractivity contribution in [2.45, 2.75) is 13.3 Å². The number of imidazole rings is 1. The number of ether oxygens (including phenoxy) is 2. The van der Waals surface area contributed by atoms with Gasteiger partial charge in [-0.25, -0.2) is 9.78 Å². The van der Waals surface area contributed by atoms with Crippen LogP contribution in [0.25, 0.3) is 5.65 Å². The molecule has 8 heteroatoms. The maximum absolute atomic E-state index is 12.1. The van der Waals surface area contributed by atoms with Crippen LogP contribution in [-0.2, 0) is 4.74 Å². The molecule has 0 aliphatic rings. The number of halogens is 3. The zero-order valence-corrected chi connectivity index (χ0v) is 9.77. The molecule has 5 nitrogen and oxygen atoms in total. The second-order valence-corrected chi connectivity index (χ2v) is 3.50. The van der Waals surface area contributed by atoms with E-state index >= 15 is 0 Å². The first-order valence-corrected chi connectivity index (χ1v) is 5.30. The van der Waals surface area contributed by atoms with Gasteiger partial charge in [0.05, 0.1) is 19.0 Å². The highest BCUT2D eigenvalue weighted by atomic mass is 19.4. The Morgan fingerprint density at radius 2 is 2.16 bits per heavy atom. The first-order valence-electron chi connectivity index (χ1n) is 5.30. The van der Waals surface area contributed by atoms with Crippen LogP contribution in [0.4, 0.5) is 13.2 Å². The van der Waals surface area contributed by atoms with E-state index in [1.807, 2.05) is 0 Å². The lowest BCUT2D eigenvalue weighted by molar-refractivity contribution is -0.274. The number of alkyl halides is 3. The van der Waals surface area contributed by atoms with Crippen molar-refractivity contribution in [1.82, 2.24) is 9.38 Å². The van der Waals surface area contributed by atoms with Gasteiger partial charge in [-0.1, -0.05) is 0 Å². The molecule has 2 aromatic rings. The van der Waals surface area contributed by atoms with E-state index in [9.17, 15) is 18.0 Å².